The Bertz CT molecular complexity index is 3040. The smallest absolute Gasteiger partial charge is 0.0545 e. The Morgan fingerprint density at radius 1 is 0.199 bits per heavy atom. The summed E-state index contributed by atoms with van der Waals surface area (Å²) in [6.07, 6.45) is 61.8. The fraction of sp³-hybridized carbons (Fsp3) is 0.857. The van der Waals surface area contributed by atoms with Crippen molar-refractivity contribution in [2.45, 2.75) is 492 Å². The van der Waals surface area contributed by atoms with Crippen molar-refractivity contribution in [3.63, 3.8) is 0 Å². The number of nitrogens with zero attached hydrogens (tertiary/aromatic N) is 3. The average molecular weight is 2210 g/mol. The van der Waals surface area contributed by atoms with Gasteiger partial charge in [-0.2, -0.15) is 0 Å². The molecule has 0 saturated heterocycles. The molecule has 12 saturated carbocycles. The molecule has 12 fully saturated rings. The molecular weight excluding hydrogens is 2020 g/mol. The maximum absolute atomic E-state index is 6.12. The van der Waals surface area contributed by atoms with Crippen LogP contribution in [-0.4, -0.2) is 238 Å². The van der Waals surface area contributed by atoms with Crippen LogP contribution < -0.4 is 130 Å². The normalized spacial score (nSPS) is 33.6. The van der Waals surface area contributed by atoms with Gasteiger partial charge in [-0.25, -0.2) is 0 Å². The predicted octanol–water partition coefficient (Wildman–Crippen LogP) is 12.5. The van der Waals surface area contributed by atoms with Gasteiger partial charge in [-0.15, -0.1) is 0 Å². The van der Waals surface area contributed by atoms with Crippen molar-refractivity contribution in [1.82, 2.24) is 111 Å². The summed E-state index contributed by atoms with van der Waals surface area (Å²) in [5.74, 6) is 0. The van der Waals surface area contributed by atoms with Gasteiger partial charge in [0.2, 0.25) is 0 Å². The minimum atomic E-state index is 0.00694. The van der Waals surface area contributed by atoms with Crippen LogP contribution >= 0.6 is 60.6 Å². The summed E-state index contributed by atoms with van der Waals surface area (Å²) in [6, 6.07) is 31.7. The van der Waals surface area contributed by atoms with Crippen molar-refractivity contribution >= 4 is 60.6 Å². The van der Waals surface area contributed by atoms with Gasteiger partial charge in [-0.3, -0.25) is 15.0 Å². The average Bonchev–Trinajstić information content (AvgIpc) is 1.86. The summed E-state index contributed by atoms with van der Waals surface area (Å²) < 4.78 is 0. The van der Waals surface area contributed by atoms with Gasteiger partial charge in [0.1, 0.15) is 0 Å². The van der Waals surface area contributed by atoms with Gasteiger partial charge in [0, 0.05) is 263 Å². The maximum Gasteiger partial charge on any atom is 0.0545 e. The fourth-order valence-electron chi connectivity index (χ4n) is 24.9. The van der Waals surface area contributed by atoms with Crippen molar-refractivity contribution in [2.24, 2.45) is 34.4 Å². The zero-order valence-corrected chi connectivity index (χ0v) is 94.0. The van der Waals surface area contributed by atoms with Crippen molar-refractivity contribution in [3.8, 4) is 0 Å². The Morgan fingerprint density at radius 2 is 0.319 bits per heavy atom. The molecule has 6 bridgehead atoms. The van der Waals surface area contributed by atoms with E-state index in [0.717, 1.165) is 118 Å². The largest absolute Gasteiger partial charge is 0.311 e. The van der Waals surface area contributed by atoms with Crippen LogP contribution in [0.4, 0.5) is 0 Å². The molecule has 141 heavy (non-hydrogen) atoms. The van der Waals surface area contributed by atoms with Crippen LogP contribution in [0.15, 0.2) is 54.6 Å². The van der Waals surface area contributed by atoms with E-state index in [1.165, 1.54) is 342 Å². The second-order valence-corrected chi connectivity index (χ2v) is 48.9. The first-order valence-electron chi connectivity index (χ1n) is 56.4. The molecule has 0 spiro atoms. The molecule has 0 amide bonds. The van der Waals surface area contributed by atoms with E-state index in [1.54, 1.807) is 0 Å². The summed E-state index contributed by atoms with van der Waals surface area (Å²) in [6.45, 7) is 17.8. The van der Waals surface area contributed by atoms with Crippen LogP contribution in [0.25, 0.3) is 0 Å². The van der Waals surface area contributed by atoms with Gasteiger partial charge < -0.3 is 130 Å². The number of pyridine rings is 3. The van der Waals surface area contributed by atoms with Gasteiger partial charge in [0.15, 0.2) is 0 Å². The van der Waals surface area contributed by atoms with Gasteiger partial charge in [0.25, 0.3) is 0 Å². The minimum absolute atomic E-state index is 0.00694. The number of aromatic nitrogens is 3. The Balaban J connectivity index is 0.000000172. The van der Waals surface area contributed by atoms with Crippen LogP contribution in [0.2, 0.25) is 0 Å². The number of nitrogens with two attached hydrogens (primary N) is 6. The first kappa shape index (κ1) is 123. The molecule has 18 rings (SSSR count). The minimum Gasteiger partial charge on any atom is -0.311 e. The quantitative estimate of drug-likeness (QED) is 0.0496. The molecule has 813 valence electrons. The number of rotatable bonds is 15. The summed E-state index contributed by atoms with van der Waals surface area (Å²) in [4.78, 5) is 14.7. The first-order chi connectivity index (χ1) is 69.2. The maximum atomic E-state index is 6.12. The fourth-order valence-corrected chi connectivity index (χ4v) is 24.9. The van der Waals surface area contributed by atoms with Gasteiger partial charge in [-0.05, 0) is 190 Å². The Kier molecular flexibility index (Phi) is 65.7. The molecule has 9 unspecified atom stereocenters. The number of fused-ring (bicyclic) bond motifs is 12. The zero-order chi connectivity index (χ0) is 99.3. The van der Waals surface area contributed by atoms with Crippen molar-refractivity contribution in [1.29, 1.82) is 0 Å². The van der Waals surface area contributed by atoms with Crippen LogP contribution in [0, 0.1) is 0 Å². The second-order valence-electron chi connectivity index (χ2n) is 43.1. The summed E-state index contributed by atoms with van der Waals surface area (Å²) in [5, 5.41) is 67.3. The molecule has 3 aromatic rings. The summed E-state index contributed by atoms with van der Waals surface area (Å²) in [5.41, 5.74) is 43.7. The van der Waals surface area contributed by atoms with Crippen LogP contribution in [0.1, 0.15) is 342 Å². The molecule has 6 heterocycles. The molecule has 30 N–H and O–H groups in total. The van der Waals surface area contributed by atoms with E-state index < -0.39 is 0 Å². The summed E-state index contributed by atoms with van der Waals surface area (Å²) >= 11 is 0.0208. The van der Waals surface area contributed by atoms with E-state index in [0.29, 0.717) is 145 Å². The molecule has 27 nitrogen and oxygen atoms in total. The van der Waals surface area contributed by atoms with Gasteiger partial charge in [0.05, 0.1) is 34.2 Å². The number of hydrogen-bond acceptors (Lipinski definition) is 27. The topological polar surface area (TPSA) is 411 Å². The molecule has 0 aromatic carbocycles. The molecular formula is C105H195Cl6Mn3N27. The molecule has 3 aromatic heterocycles. The van der Waals surface area contributed by atoms with Crippen molar-refractivity contribution in [3.05, 3.63) is 88.8 Å². The second kappa shape index (κ2) is 75.5. The molecule has 24 atom stereocenters. The van der Waals surface area contributed by atoms with Gasteiger partial charge >= 0.3 is 100.0 Å². The first-order valence-corrected chi connectivity index (χ1v) is 66.2. The van der Waals surface area contributed by atoms with Crippen molar-refractivity contribution in [2.75, 3.05) is 78.5 Å². The van der Waals surface area contributed by atoms with E-state index in [-0.39, 0.29) is 39.4 Å². The monoisotopic (exact) mass is 2210 g/mol. The van der Waals surface area contributed by atoms with Crippen molar-refractivity contribution < 1.29 is 39.4 Å². The molecule has 15 aliphatic rings. The molecule has 36 heteroatoms. The van der Waals surface area contributed by atoms with Crippen LogP contribution in [0.3, 0.4) is 0 Å². The molecule has 3 aliphatic heterocycles. The van der Waals surface area contributed by atoms with Crippen LogP contribution in [-0.2, 0) is 78.7 Å². The third-order valence-electron chi connectivity index (χ3n) is 33.0. The van der Waals surface area contributed by atoms with Gasteiger partial charge in [-0.1, -0.05) is 172 Å². The summed E-state index contributed by atoms with van der Waals surface area (Å²) in [7, 11) is 28.8. The van der Waals surface area contributed by atoms with E-state index in [9.17, 15) is 0 Å². The van der Waals surface area contributed by atoms with E-state index in [4.69, 9.17) is 110 Å². The Hall–Kier alpha value is -0.212. The predicted molar refractivity (Wildman–Crippen MR) is 583 cm³/mol. The Labute approximate surface area is 897 Å². The number of nitrogens with one attached hydrogen (secondary N) is 18. The third kappa shape index (κ3) is 48.6. The van der Waals surface area contributed by atoms with E-state index in [1.807, 2.05) is 0 Å². The zero-order valence-electron chi connectivity index (χ0n) is 85.9. The third-order valence-corrected chi connectivity index (χ3v) is 33.0. The standard InChI is InChI=1S/3C21H35N5.3C14H30N4.6ClH.3Mn/c3*1-3-10-20-18(8-1)22-12-13-23-19-9-2-4-11-21(19)25-15-17-7-5-6-16(26-17)14-24-20;3*15-11-5-1-3-7-13(11)17-9-10-18-14-8-4-2-6-12(14)16;;;;;;;;;/h3*5-7,18-25H,1-4,8-15H2;3*11-14,17-18H,1-10,15-16H2;6*1H;;;/q;;;;;;;;;;;;3*+2/p-6/t18-,19+,20?,21?;2*18-,19-,20?,21?;11-,12+,13-,14?;2*11-,12-,13-,14?;;;;;;;;;/m.10110........./s1. The number of hydrogen-bond donors (Lipinski definition) is 24. The molecule has 12 aliphatic carbocycles. The molecule has 0 radical (unpaired) electrons. The Morgan fingerprint density at radius 3 is 0.454 bits per heavy atom. The number of halogens is 6. The van der Waals surface area contributed by atoms with Crippen LogP contribution in [0.5, 0.6) is 0 Å². The van der Waals surface area contributed by atoms with E-state index >= 15 is 0 Å². The van der Waals surface area contributed by atoms with E-state index in [2.05, 4.69) is 150 Å². The SMILES string of the molecule is N[C@@H]1CCCCC1NCCN[C@@H]1CCCC[C@H]1N.N[C@@H]1CCCC[C@H]1NCCNC1CCCC[C@@H]1N.N[C@H]1CCCCC1NCCN[C@H]1CCCC[C@@H]1N.[Cl][Mn][Cl].[Cl][Mn][Cl].[Cl][Mn][Cl].c1cc2nc(c1)CNC1CCCC[C@@H]1NCCN[C@H]1CCCCC1NC2.c1cc2nc(c1)CNC1CCCC[C@H]1NCCN[C@@H]1CCCCC1NC2.c1cc2nc(c1)CNC1CCCC[C@H]1NCCN[C@H]1CCCCC1NC2.